The standard InChI is InChI=1S/C44H80N6O11.H3P/c1-3-5-7-8-9-10-11-12-13-14-15-16-17-21-42(53)47-40(43(54)55)22-23-41(52)45-26-30-58-34-35-60-37-39(51)20-19-28-57-32-33-59-31-27-50-36-38(48-49-50)24-29-61-44(56)46-25-18-6-4-2;/h36,40H,3-35,37H2,1-2H3,(H,45,52)(H,46,56)(H,47,53)(H,54,55);1H3. The molecule has 0 bridgehead atoms. The molecule has 62 heavy (non-hydrogen) atoms. The Morgan fingerprint density at radius 3 is 1.89 bits per heavy atom. The smallest absolute Gasteiger partial charge is 0.407 e. The van der Waals surface area contributed by atoms with Crippen molar-refractivity contribution in [3.05, 3.63) is 11.9 Å². The summed E-state index contributed by atoms with van der Waals surface area (Å²) >= 11 is 0. The van der Waals surface area contributed by atoms with Crippen molar-refractivity contribution in [1.82, 2.24) is 30.9 Å². The van der Waals surface area contributed by atoms with Crippen LogP contribution in [0.2, 0.25) is 0 Å². The zero-order valence-electron chi connectivity index (χ0n) is 38.3. The van der Waals surface area contributed by atoms with Crippen molar-refractivity contribution in [2.45, 2.75) is 168 Å². The van der Waals surface area contributed by atoms with Crippen LogP contribution in [0, 0.1) is 0 Å². The zero-order chi connectivity index (χ0) is 44.4. The maximum atomic E-state index is 12.3. The molecule has 1 rings (SSSR count). The topological polar surface area (TPSA) is 219 Å². The minimum atomic E-state index is -1.16. The van der Waals surface area contributed by atoms with E-state index < -0.39 is 18.1 Å². The van der Waals surface area contributed by atoms with Gasteiger partial charge < -0.3 is 44.7 Å². The van der Waals surface area contributed by atoms with Crippen molar-refractivity contribution >= 4 is 39.6 Å². The second kappa shape index (κ2) is 43.0. The molecule has 3 amide bonds. The fraction of sp³-hybridized carbons (Fsp3) is 0.841. The van der Waals surface area contributed by atoms with E-state index in [-0.39, 0.29) is 86.3 Å². The Bertz CT molecular complexity index is 1280. The van der Waals surface area contributed by atoms with Crippen LogP contribution >= 0.6 is 9.90 Å². The lowest BCUT2D eigenvalue weighted by Crippen LogP contribution is -2.41. The second-order valence-corrected chi connectivity index (χ2v) is 15.4. The lowest BCUT2D eigenvalue weighted by atomic mass is 10.0. The van der Waals surface area contributed by atoms with Crippen molar-refractivity contribution in [3.63, 3.8) is 0 Å². The van der Waals surface area contributed by atoms with Gasteiger partial charge in [-0.25, -0.2) is 14.3 Å². The highest BCUT2D eigenvalue weighted by Crippen LogP contribution is 2.13. The van der Waals surface area contributed by atoms with E-state index in [1.54, 1.807) is 10.9 Å². The molecule has 360 valence electrons. The Balaban J connectivity index is 0.0000372. The number of carbonyl (C=O) groups excluding carboxylic acids is 4. The Kier molecular flexibility index (Phi) is 40.8. The Hall–Kier alpha value is -3.24. The van der Waals surface area contributed by atoms with Crippen LogP contribution in [-0.4, -0.2) is 128 Å². The fourth-order valence-corrected chi connectivity index (χ4v) is 6.21. The predicted octanol–water partition coefficient (Wildman–Crippen LogP) is 6.16. The third kappa shape index (κ3) is 37.3. The molecular formula is C44H83N6O11P. The molecule has 0 saturated carbocycles. The van der Waals surface area contributed by atoms with Crippen molar-refractivity contribution < 1.29 is 52.8 Å². The average molecular weight is 903 g/mol. The summed E-state index contributed by atoms with van der Waals surface area (Å²) in [6.07, 6.45) is 21.9. The molecule has 0 aliphatic heterocycles. The number of nitrogens with one attached hydrogen (secondary N) is 3. The van der Waals surface area contributed by atoms with Crippen molar-refractivity contribution in [2.24, 2.45) is 0 Å². The molecule has 17 nitrogen and oxygen atoms in total. The Morgan fingerprint density at radius 1 is 0.629 bits per heavy atom. The summed E-state index contributed by atoms with van der Waals surface area (Å²) in [7, 11) is 0. The molecule has 0 aliphatic carbocycles. The molecule has 4 N–H and O–H groups in total. The highest BCUT2D eigenvalue weighted by molar-refractivity contribution is 6.92. The van der Waals surface area contributed by atoms with Gasteiger partial charge in [-0.05, 0) is 25.7 Å². The van der Waals surface area contributed by atoms with Gasteiger partial charge in [0, 0.05) is 51.6 Å². The summed E-state index contributed by atoms with van der Waals surface area (Å²) < 4.78 is 28.8. The van der Waals surface area contributed by atoms with Gasteiger partial charge in [-0.1, -0.05) is 109 Å². The molecule has 0 fully saturated rings. The summed E-state index contributed by atoms with van der Waals surface area (Å²) in [6.45, 7) is 8.36. The van der Waals surface area contributed by atoms with E-state index in [1.165, 1.54) is 64.2 Å². The van der Waals surface area contributed by atoms with Crippen LogP contribution in [0.1, 0.15) is 154 Å². The van der Waals surface area contributed by atoms with E-state index in [1.807, 2.05) is 0 Å². The van der Waals surface area contributed by atoms with Crippen molar-refractivity contribution in [2.75, 3.05) is 72.6 Å². The number of alkyl carbamates (subject to hydrolysis) is 1. The van der Waals surface area contributed by atoms with E-state index >= 15 is 0 Å². The zero-order valence-corrected chi connectivity index (χ0v) is 39.7. The summed E-state index contributed by atoms with van der Waals surface area (Å²) in [4.78, 5) is 59.9. The second-order valence-electron chi connectivity index (χ2n) is 15.4. The van der Waals surface area contributed by atoms with Gasteiger partial charge in [-0.15, -0.1) is 5.10 Å². The Labute approximate surface area is 374 Å². The third-order valence-corrected chi connectivity index (χ3v) is 9.81. The van der Waals surface area contributed by atoms with Gasteiger partial charge >= 0.3 is 12.1 Å². The van der Waals surface area contributed by atoms with E-state index in [2.05, 4.69) is 40.1 Å². The van der Waals surface area contributed by atoms with Crippen LogP contribution in [-0.2, 0) is 55.8 Å². The maximum Gasteiger partial charge on any atom is 0.407 e. The van der Waals surface area contributed by atoms with Crippen molar-refractivity contribution in [3.8, 4) is 0 Å². The van der Waals surface area contributed by atoms with Gasteiger partial charge in [-0.2, -0.15) is 9.90 Å². The van der Waals surface area contributed by atoms with Gasteiger partial charge in [0.2, 0.25) is 11.8 Å². The fourth-order valence-electron chi connectivity index (χ4n) is 6.21. The monoisotopic (exact) mass is 903 g/mol. The van der Waals surface area contributed by atoms with E-state index in [0.29, 0.717) is 58.8 Å². The first-order valence-corrected chi connectivity index (χ1v) is 23.2. The first-order chi connectivity index (χ1) is 29.7. The number of carbonyl (C=O) groups is 5. The number of aromatic nitrogens is 3. The number of hydrogen-bond acceptors (Lipinski definition) is 12. The number of Topliss-reactive ketones (excluding diaryl/α,β-unsaturated/α-hetero) is 1. The van der Waals surface area contributed by atoms with Crippen LogP contribution in [0.3, 0.4) is 0 Å². The quantitative estimate of drug-likeness (QED) is 0.0427. The molecule has 0 spiro atoms. The molecule has 0 saturated heterocycles. The van der Waals surface area contributed by atoms with E-state index in [4.69, 9.17) is 23.7 Å². The van der Waals surface area contributed by atoms with Gasteiger partial charge in [0.1, 0.15) is 12.6 Å². The Morgan fingerprint density at radius 2 is 1.23 bits per heavy atom. The number of aliphatic carboxylic acids is 1. The lowest BCUT2D eigenvalue weighted by Gasteiger charge is -2.14. The molecule has 1 aromatic rings. The largest absolute Gasteiger partial charge is 0.480 e. The maximum absolute atomic E-state index is 12.3. The molecule has 0 aromatic carbocycles. The summed E-state index contributed by atoms with van der Waals surface area (Å²) in [6, 6.07) is -1.11. The van der Waals surface area contributed by atoms with Crippen LogP contribution < -0.4 is 16.0 Å². The molecule has 2 unspecified atom stereocenters. The minimum absolute atomic E-state index is 0. The van der Waals surface area contributed by atoms with Crippen LogP contribution in [0.5, 0.6) is 0 Å². The average Bonchev–Trinajstić information content (AvgIpc) is 3.70. The third-order valence-electron chi connectivity index (χ3n) is 9.81. The molecular weight excluding hydrogens is 819 g/mol. The molecule has 0 radical (unpaired) electrons. The number of ether oxygens (including phenoxy) is 5. The first-order valence-electron chi connectivity index (χ1n) is 23.2. The van der Waals surface area contributed by atoms with Crippen LogP contribution in [0.4, 0.5) is 4.79 Å². The minimum Gasteiger partial charge on any atom is -0.480 e. The number of carboxylic acid groups (broad SMARTS) is 1. The summed E-state index contributed by atoms with van der Waals surface area (Å²) in [5, 5.41) is 25.6. The normalized spacial score (nSPS) is 11.5. The number of ketones is 1. The predicted molar refractivity (Wildman–Crippen MR) is 243 cm³/mol. The molecule has 1 aromatic heterocycles. The highest BCUT2D eigenvalue weighted by Gasteiger charge is 2.21. The molecule has 18 heteroatoms. The lowest BCUT2D eigenvalue weighted by molar-refractivity contribution is -0.142. The molecule has 1 heterocycles. The van der Waals surface area contributed by atoms with Gasteiger partial charge in [0.05, 0.1) is 58.5 Å². The molecule has 0 aliphatic rings. The van der Waals surface area contributed by atoms with Gasteiger partial charge in [0.25, 0.3) is 0 Å². The SMILES string of the molecule is CCCCCCCCCCCCCCCC(=O)NC(CCC(=O)NCCOCCOCC(=O)CCCOCCOCCn1cc(CCOC(=O)NCCCCC)nn1)C(=O)O.P. The number of rotatable bonds is 44. The van der Waals surface area contributed by atoms with Crippen LogP contribution in [0.15, 0.2) is 6.20 Å². The number of unbranched alkanes of at least 4 members (excludes halogenated alkanes) is 14. The highest BCUT2D eigenvalue weighted by atomic mass is 31.0. The number of hydrogen-bond donors (Lipinski definition) is 4. The van der Waals surface area contributed by atoms with Gasteiger partial charge in [-0.3, -0.25) is 14.4 Å². The van der Waals surface area contributed by atoms with Gasteiger partial charge in [0.15, 0.2) is 5.78 Å². The summed E-state index contributed by atoms with van der Waals surface area (Å²) in [5.41, 5.74) is 0.731. The van der Waals surface area contributed by atoms with E-state index in [0.717, 1.165) is 44.2 Å². The number of nitrogens with zero attached hydrogens (tertiary/aromatic N) is 3. The van der Waals surface area contributed by atoms with Crippen LogP contribution in [0.25, 0.3) is 0 Å². The number of carboxylic acids is 1. The molecule has 2 atom stereocenters. The van der Waals surface area contributed by atoms with Crippen molar-refractivity contribution in [1.29, 1.82) is 0 Å². The first kappa shape index (κ1) is 58.8. The summed E-state index contributed by atoms with van der Waals surface area (Å²) in [5.74, 6) is -1.81. The number of amides is 3. The van der Waals surface area contributed by atoms with E-state index in [9.17, 15) is 29.1 Å².